The predicted octanol–water partition coefficient (Wildman–Crippen LogP) is 3.51. The van der Waals surface area contributed by atoms with Gasteiger partial charge in [-0.3, -0.25) is 0 Å². The lowest BCUT2D eigenvalue weighted by molar-refractivity contribution is -0.109. The van der Waals surface area contributed by atoms with Crippen molar-refractivity contribution in [2.45, 2.75) is 33.3 Å². The summed E-state index contributed by atoms with van der Waals surface area (Å²) in [6.45, 7) is 6.00. The summed E-state index contributed by atoms with van der Waals surface area (Å²) in [7, 11) is 1.70. The van der Waals surface area contributed by atoms with Crippen molar-refractivity contribution in [3.63, 3.8) is 0 Å². The standard InChI is InChI=1S/C12H19IO2/c1-5-11(6-9(2)8-14)12(15-4)10(3)7-13/h6-9,12H,5H2,1-4H3/b10-7?,11-6+/t9?,12-/m0/s1. The first-order chi connectivity index (χ1) is 7.10. The summed E-state index contributed by atoms with van der Waals surface area (Å²) in [5, 5.41) is 0. The van der Waals surface area contributed by atoms with Crippen molar-refractivity contribution in [1.29, 1.82) is 0 Å². The Kier molecular flexibility index (Phi) is 7.96. The zero-order valence-electron chi connectivity index (χ0n) is 9.79. The molecule has 3 heteroatoms. The first-order valence-corrected chi connectivity index (χ1v) is 6.30. The zero-order valence-corrected chi connectivity index (χ0v) is 11.9. The summed E-state index contributed by atoms with van der Waals surface area (Å²) < 4.78 is 7.46. The average molecular weight is 322 g/mol. The van der Waals surface area contributed by atoms with Crippen molar-refractivity contribution in [3.8, 4) is 0 Å². The Hall–Kier alpha value is -0.160. The number of halogens is 1. The van der Waals surface area contributed by atoms with Crippen LogP contribution in [-0.4, -0.2) is 19.5 Å². The number of methoxy groups -OCH3 is 1. The summed E-state index contributed by atoms with van der Waals surface area (Å²) in [4.78, 5) is 10.6. The molecule has 0 amide bonds. The van der Waals surface area contributed by atoms with E-state index in [2.05, 4.69) is 29.5 Å². The van der Waals surface area contributed by atoms with E-state index in [4.69, 9.17) is 4.74 Å². The maximum atomic E-state index is 10.6. The van der Waals surface area contributed by atoms with E-state index < -0.39 is 0 Å². The molecule has 0 aliphatic rings. The molecule has 15 heavy (non-hydrogen) atoms. The monoisotopic (exact) mass is 322 g/mol. The van der Waals surface area contributed by atoms with Crippen LogP contribution < -0.4 is 0 Å². The van der Waals surface area contributed by atoms with Gasteiger partial charge in [0.15, 0.2) is 0 Å². The van der Waals surface area contributed by atoms with Gasteiger partial charge in [-0.15, -0.1) is 0 Å². The molecule has 0 saturated carbocycles. The normalized spacial score (nSPS) is 17.4. The lowest BCUT2D eigenvalue weighted by Crippen LogP contribution is -2.16. The third kappa shape index (κ3) is 4.93. The van der Waals surface area contributed by atoms with Gasteiger partial charge in [-0.2, -0.15) is 0 Å². The van der Waals surface area contributed by atoms with Crippen molar-refractivity contribution in [1.82, 2.24) is 0 Å². The molecule has 1 unspecified atom stereocenters. The number of hydrogen-bond acceptors (Lipinski definition) is 2. The number of aldehydes is 1. The first kappa shape index (κ1) is 14.8. The van der Waals surface area contributed by atoms with Crippen LogP contribution in [0.2, 0.25) is 0 Å². The predicted molar refractivity (Wildman–Crippen MR) is 72.2 cm³/mol. The quantitative estimate of drug-likeness (QED) is 0.425. The van der Waals surface area contributed by atoms with E-state index >= 15 is 0 Å². The highest BCUT2D eigenvalue weighted by Crippen LogP contribution is 2.20. The number of rotatable bonds is 6. The molecule has 0 saturated heterocycles. The second-order valence-corrected chi connectivity index (χ2v) is 4.18. The van der Waals surface area contributed by atoms with Gasteiger partial charge in [0.2, 0.25) is 0 Å². The van der Waals surface area contributed by atoms with E-state index in [0.717, 1.165) is 12.7 Å². The van der Waals surface area contributed by atoms with Crippen molar-refractivity contribution < 1.29 is 9.53 Å². The van der Waals surface area contributed by atoms with Gasteiger partial charge >= 0.3 is 0 Å². The van der Waals surface area contributed by atoms with Crippen LogP contribution in [0, 0.1) is 5.92 Å². The fraction of sp³-hybridized carbons (Fsp3) is 0.583. The van der Waals surface area contributed by atoms with Crippen LogP contribution in [0.25, 0.3) is 0 Å². The van der Waals surface area contributed by atoms with Crippen LogP contribution in [0.5, 0.6) is 0 Å². The SMILES string of the molecule is CC/C(=C\C(C)C=O)[C@@H](OC)C(C)=CI. The van der Waals surface area contributed by atoms with Gasteiger partial charge in [0.05, 0.1) is 6.10 Å². The van der Waals surface area contributed by atoms with Crippen LogP contribution in [0.3, 0.4) is 0 Å². The van der Waals surface area contributed by atoms with E-state index in [1.807, 2.05) is 24.0 Å². The van der Waals surface area contributed by atoms with Crippen LogP contribution in [-0.2, 0) is 9.53 Å². The molecule has 0 fully saturated rings. The van der Waals surface area contributed by atoms with Gasteiger partial charge in [-0.05, 0) is 28.6 Å². The molecule has 2 nitrogen and oxygen atoms in total. The van der Waals surface area contributed by atoms with Crippen LogP contribution >= 0.6 is 22.6 Å². The van der Waals surface area contributed by atoms with Crippen LogP contribution in [0.1, 0.15) is 27.2 Å². The van der Waals surface area contributed by atoms with E-state index in [-0.39, 0.29) is 12.0 Å². The average Bonchev–Trinajstić information content (AvgIpc) is 2.27. The second-order valence-electron chi connectivity index (χ2n) is 3.56. The van der Waals surface area contributed by atoms with Gasteiger partial charge in [0.25, 0.3) is 0 Å². The summed E-state index contributed by atoms with van der Waals surface area (Å²) in [6.07, 6.45) is 3.85. The Bertz CT molecular complexity index is 256. The van der Waals surface area contributed by atoms with E-state index in [1.54, 1.807) is 7.11 Å². The van der Waals surface area contributed by atoms with Gasteiger partial charge in [-0.25, -0.2) is 0 Å². The highest BCUT2D eigenvalue weighted by molar-refractivity contribution is 14.1. The largest absolute Gasteiger partial charge is 0.373 e. The zero-order chi connectivity index (χ0) is 11.8. The Morgan fingerprint density at radius 3 is 2.47 bits per heavy atom. The molecule has 0 radical (unpaired) electrons. The number of hydrogen-bond donors (Lipinski definition) is 0. The van der Waals surface area contributed by atoms with Gasteiger partial charge < -0.3 is 9.53 Å². The van der Waals surface area contributed by atoms with Gasteiger partial charge in [0.1, 0.15) is 6.29 Å². The first-order valence-electron chi connectivity index (χ1n) is 5.06. The Balaban J connectivity index is 4.91. The minimum Gasteiger partial charge on any atom is -0.373 e. The molecule has 0 aliphatic heterocycles. The third-order valence-corrected chi connectivity index (χ3v) is 3.24. The van der Waals surface area contributed by atoms with E-state index in [0.29, 0.717) is 0 Å². The number of carbonyl (C=O) groups is 1. The topological polar surface area (TPSA) is 26.3 Å². The highest BCUT2D eigenvalue weighted by atomic mass is 127. The lowest BCUT2D eigenvalue weighted by Gasteiger charge is -2.19. The second kappa shape index (κ2) is 8.05. The van der Waals surface area contributed by atoms with Crippen molar-refractivity contribution in [2.24, 2.45) is 5.92 Å². The van der Waals surface area contributed by atoms with Crippen molar-refractivity contribution in [3.05, 3.63) is 21.3 Å². The maximum absolute atomic E-state index is 10.6. The van der Waals surface area contributed by atoms with Gasteiger partial charge in [-0.1, -0.05) is 42.5 Å². The molecule has 0 aromatic heterocycles. The number of ether oxygens (including phenoxy) is 1. The lowest BCUT2D eigenvalue weighted by atomic mass is 9.98. The smallest absolute Gasteiger partial charge is 0.126 e. The van der Waals surface area contributed by atoms with Gasteiger partial charge in [0, 0.05) is 13.0 Å². The molecule has 0 bridgehead atoms. The Morgan fingerprint density at radius 2 is 2.13 bits per heavy atom. The molecule has 0 spiro atoms. The fourth-order valence-corrected chi connectivity index (χ4v) is 1.78. The van der Waals surface area contributed by atoms with Crippen molar-refractivity contribution in [2.75, 3.05) is 7.11 Å². The van der Waals surface area contributed by atoms with Crippen LogP contribution in [0.4, 0.5) is 0 Å². The fourth-order valence-electron chi connectivity index (χ4n) is 1.45. The summed E-state index contributed by atoms with van der Waals surface area (Å²) in [6, 6.07) is 0. The molecule has 0 rings (SSSR count). The minimum absolute atomic E-state index is 0.00861. The molecule has 2 atom stereocenters. The molecule has 0 N–H and O–H groups in total. The molecule has 86 valence electrons. The molecule has 0 aromatic carbocycles. The summed E-state index contributed by atoms with van der Waals surface area (Å²) >= 11 is 2.21. The Labute approximate surface area is 106 Å². The number of allylic oxidation sites excluding steroid dienone is 1. The maximum Gasteiger partial charge on any atom is 0.126 e. The summed E-state index contributed by atoms with van der Waals surface area (Å²) in [5.41, 5.74) is 2.34. The molecular weight excluding hydrogens is 303 g/mol. The Morgan fingerprint density at radius 1 is 1.53 bits per heavy atom. The minimum atomic E-state index is -0.0420. The molecule has 0 heterocycles. The van der Waals surface area contributed by atoms with Crippen molar-refractivity contribution >= 4 is 28.9 Å². The number of carbonyl (C=O) groups excluding carboxylic acids is 1. The molecule has 0 aliphatic carbocycles. The van der Waals surface area contributed by atoms with E-state index in [1.165, 1.54) is 11.1 Å². The third-order valence-electron chi connectivity index (χ3n) is 2.26. The molecule has 0 aromatic rings. The van der Waals surface area contributed by atoms with Crippen LogP contribution in [0.15, 0.2) is 21.3 Å². The highest BCUT2D eigenvalue weighted by Gasteiger charge is 2.14. The molecular formula is C12H19IO2. The van der Waals surface area contributed by atoms with E-state index in [9.17, 15) is 4.79 Å². The summed E-state index contributed by atoms with van der Waals surface area (Å²) in [5.74, 6) is -0.0420.